The van der Waals surface area contributed by atoms with Gasteiger partial charge in [0.05, 0.1) is 12.7 Å². The van der Waals surface area contributed by atoms with Crippen LogP contribution in [0.3, 0.4) is 0 Å². The van der Waals surface area contributed by atoms with E-state index < -0.39 is 7.60 Å². The lowest BCUT2D eigenvalue weighted by Crippen LogP contribution is -2.10. The Morgan fingerprint density at radius 1 is 1.05 bits per heavy atom. The molecule has 3 aromatic carbocycles. The van der Waals surface area contributed by atoms with E-state index in [0.717, 1.165) is 59.9 Å². The second-order valence-corrected chi connectivity index (χ2v) is 13.4. The largest absolute Gasteiger partial charge is 0.481 e. The van der Waals surface area contributed by atoms with E-state index in [-0.39, 0.29) is 24.3 Å². The van der Waals surface area contributed by atoms with Gasteiger partial charge in [-0.3, -0.25) is 13.9 Å². The summed E-state index contributed by atoms with van der Waals surface area (Å²) in [6, 6.07) is 17.4. The molecule has 0 saturated carbocycles. The molecular weight excluding hydrogens is 559 g/mol. The average molecular weight is 599 g/mol. The summed E-state index contributed by atoms with van der Waals surface area (Å²) in [6.07, 6.45) is 3.67. The van der Waals surface area contributed by atoms with Crippen molar-refractivity contribution in [3.63, 3.8) is 0 Å². The van der Waals surface area contributed by atoms with Crippen molar-refractivity contribution in [2.75, 3.05) is 13.0 Å². The van der Waals surface area contributed by atoms with Crippen molar-refractivity contribution in [3.05, 3.63) is 93.0 Å². The summed E-state index contributed by atoms with van der Waals surface area (Å²) < 4.78 is 37.3. The molecule has 0 amide bonds. The van der Waals surface area contributed by atoms with Gasteiger partial charge in [0.1, 0.15) is 11.5 Å². The quantitative estimate of drug-likeness (QED) is 0.146. The zero-order chi connectivity index (χ0) is 29.6. The second kappa shape index (κ2) is 14.0. The monoisotopic (exact) mass is 598 g/mol. The number of aryl methyl sites for hydroxylation is 2. The topological polar surface area (TPSA) is 71.1 Å². The molecule has 1 saturated heterocycles. The Labute approximate surface area is 248 Å². The van der Waals surface area contributed by atoms with E-state index in [1.807, 2.05) is 48.5 Å². The molecule has 0 radical (unpaired) electrons. The van der Waals surface area contributed by atoms with Crippen LogP contribution in [0.15, 0.2) is 54.6 Å². The second-order valence-electron chi connectivity index (χ2n) is 11.0. The molecule has 0 unspecified atom stereocenters. The summed E-state index contributed by atoms with van der Waals surface area (Å²) in [4.78, 5) is 11.5. The van der Waals surface area contributed by atoms with E-state index >= 15 is 0 Å². The van der Waals surface area contributed by atoms with Crippen LogP contribution in [0.2, 0.25) is 5.02 Å². The maximum absolute atomic E-state index is 13.8. The van der Waals surface area contributed by atoms with Gasteiger partial charge in [0, 0.05) is 11.9 Å². The van der Waals surface area contributed by atoms with E-state index in [1.54, 1.807) is 0 Å². The minimum absolute atomic E-state index is 0.169. The van der Waals surface area contributed by atoms with Crippen LogP contribution in [0.1, 0.15) is 91.9 Å². The Morgan fingerprint density at radius 3 is 2.49 bits per heavy atom. The number of carbonyl (C=O) groups is 1. The Balaban J connectivity index is 1.50. The Bertz CT molecular complexity index is 1400. The molecule has 1 fully saturated rings. The van der Waals surface area contributed by atoms with E-state index in [2.05, 4.69) is 33.8 Å². The Kier molecular flexibility index (Phi) is 10.7. The zero-order valence-electron chi connectivity index (χ0n) is 24.6. The molecular formula is C33H40ClO6P. The van der Waals surface area contributed by atoms with Gasteiger partial charge in [0.15, 0.2) is 6.35 Å². The highest BCUT2D eigenvalue weighted by atomic mass is 35.5. The van der Waals surface area contributed by atoms with Crippen molar-refractivity contribution in [1.82, 2.24) is 0 Å². The maximum atomic E-state index is 13.8. The number of esters is 1. The molecule has 220 valence electrons. The van der Waals surface area contributed by atoms with Crippen molar-refractivity contribution in [1.29, 1.82) is 0 Å². The van der Waals surface area contributed by atoms with Crippen LogP contribution in [-0.2, 0) is 24.8 Å². The fourth-order valence-corrected chi connectivity index (χ4v) is 6.90. The zero-order valence-corrected chi connectivity index (χ0v) is 26.2. The van der Waals surface area contributed by atoms with Crippen LogP contribution in [0.5, 0.6) is 11.5 Å². The number of carbonyl (C=O) groups excluding carboxylic acids is 1. The van der Waals surface area contributed by atoms with Gasteiger partial charge < -0.3 is 14.0 Å². The molecule has 0 aromatic heterocycles. The van der Waals surface area contributed by atoms with Crippen molar-refractivity contribution in [2.24, 2.45) is 0 Å². The highest BCUT2D eigenvalue weighted by Gasteiger charge is 2.32. The first-order chi connectivity index (χ1) is 19.5. The fraction of sp³-hybridized carbons (Fsp3) is 0.424. The lowest BCUT2D eigenvalue weighted by molar-refractivity contribution is -0.131. The normalized spacial score (nSPS) is 19.7. The summed E-state index contributed by atoms with van der Waals surface area (Å²) in [5.74, 6) is 1.12. The van der Waals surface area contributed by atoms with Crippen molar-refractivity contribution < 1.29 is 27.9 Å². The number of hydrogen-bond acceptors (Lipinski definition) is 6. The highest BCUT2D eigenvalue weighted by molar-refractivity contribution is 7.53. The first-order valence-electron chi connectivity index (χ1n) is 14.2. The number of rotatable bonds is 8. The van der Waals surface area contributed by atoms with Gasteiger partial charge in [-0.15, -0.1) is 0 Å². The first-order valence-corrected chi connectivity index (χ1v) is 16.3. The van der Waals surface area contributed by atoms with Crippen LogP contribution < -0.4 is 9.47 Å². The standard InChI is InChI=1S/C33H40ClO6P/c1-22(2)30-18-26(13-14-33(30)39-25(5)35)19-31-23(3)16-29(17-24(31)4)37-21-41(36)38-15-8-6-7-12-32(40-41)27-10-9-11-28(34)20-27/h9-11,13-14,16-18,20,22,32H,6-8,12,15,19,21H2,1-5H3/t32-,41-/m0/s1. The van der Waals surface area contributed by atoms with Crippen molar-refractivity contribution in [3.8, 4) is 11.5 Å². The molecule has 8 heteroatoms. The summed E-state index contributed by atoms with van der Waals surface area (Å²) in [7, 11) is -3.54. The number of halogens is 1. The molecule has 41 heavy (non-hydrogen) atoms. The van der Waals surface area contributed by atoms with Crippen molar-refractivity contribution in [2.45, 2.75) is 78.7 Å². The molecule has 0 bridgehead atoms. The van der Waals surface area contributed by atoms with Crippen LogP contribution in [-0.4, -0.2) is 18.9 Å². The summed E-state index contributed by atoms with van der Waals surface area (Å²) in [5, 5.41) is 0.616. The van der Waals surface area contributed by atoms with Gasteiger partial charge in [-0.05, 0) is 103 Å². The van der Waals surface area contributed by atoms with Gasteiger partial charge in [-0.2, -0.15) is 0 Å². The SMILES string of the molecule is CC(=O)Oc1ccc(Cc2c(C)cc(OC[P@]3(=O)OCCCCC[C@@H](c4cccc(Cl)c4)O3)cc2C)cc1C(C)C. The molecule has 0 N–H and O–H groups in total. The van der Waals surface area contributed by atoms with E-state index in [4.69, 9.17) is 30.1 Å². The predicted molar refractivity (Wildman–Crippen MR) is 163 cm³/mol. The molecule has 0 aliphatic carbocycles. The predicted octanol–water partition coefficient (Wildman–Crippen LogP) is 9.47. The van der Waals surface area contributed by atoms with E-state index in [1.165, 1.54) is 12.5 Å². The lowest BCUT2D eigenvalue weighted by atomic mass is 9.93. The summed E-state index contributed by atoms with van der Waals surface area (Å²) in [6.45, 7) is 10.1. The summed E-state index contributed by atoms with van der Waals surface area (Å²) >= 11 is 6.22. The molecule has 1 aliphatic heterocycles. The number of hydrogen-bond donors (Lipinski definition) is 0. The van der Waals surface area contributed by atoms with Crippen LogP contribution in [0.4, 0.5) is 0 Å². The van der Waals surface area contributed by atoms with Gasteiger partial charge in [0.2, 0.25) is 0 Å². The molecule has 1 aliphatic rings. The van der Waals surface area contributed by atoms with Gasteiger partial charge in [-0.1, -0.05) is 62.6 Å². The Hall–Kier alpha value is -2.63. The van der Waals surface area contributed by atoms with Crippen molar-refractivity contribution >= 4 is 25.2 Å². The third-order valence-electron chi connectivity index (χ3n) is 7.30. The molecule has 3 aromatic rings. The minimum Gasteiger partial charge on any atom is -0.481 e. The minimum atomic E-state index is -3.54. The lowest BCUT2D eigenvalue weighted by Gasteiger charge is -2.24. The summed E-state index contributed by atoms with van der Waals surface area (Å²) in [5.41, 5.74) is 6.36. The fourth-order valence-electron chi connectivity index (χ4n) is 5.17. The molecule has 0 spiro atoms. The third-order valence-corrected chi connectivity index (χ3v) is 9.13. The number of ether oxygens (including phenoxy) is 2. The first kappa shape index (κ1) is 31.3. The highest BCUT2D eigenvalue weighted by Crippen LogP contribution is 2.54. The maximum Gasteiger partial charge on any atom is 0.368 e. The van der Waals surface area contributed by atoms with Gasteiger partial charge in [0.25, 0.3) is 0 Å². The number of benzene rings is 3. The van der Waals surface area contributed by atoms with Gasteiger partial charge >= 0.3 is 13.6 Å². The average Bonchev–Trinajstić information content (AvgIpc) is 3.00. The molecule has 2 atom stereocenters. The molecule has 1 heterocycles. The van der Waals surface area contributed by atoms with E-state index in [0.29, 0.717) is 23.1 Å². The molecule has 6 nitrogen and oxygen atoms in total. The smallest absolute Gasteiger partial charge is 0.368 e. The van der Waals surface area contributed by atoms with Crippen LogP contribution in [0, 0.1) is 13.8 Å². The molecule has 4 rings (SSSR count). The third kappa shape index (κ3) is 8.68. The Morgan fingerprint density at radius 2 is 1.80 bits per heavy atom. The van der Waals surface area contributed by atoms with Gasteiger partial charge in [-0.25, -0.2) is 0 Å². The van der Waals surface area contributed by atoms with E-state index in [9.17, 15) is 9.36 Å². The van der Waals surface area contributed by atoms with Crippen LogP contribution in [0.25, 0.3) is 0 Å². The van der Waals surface area contributed by atoms with Crippen LogP contribution >= 0.6 is 19.2 Å².